The smallest absolute Gasteiger partial charge is 0.329 e. The largest absolute Gasteiger partial charge is 0.480 e. The Bertz CT molecular complexity index is 349. The first-order chi connectivity index (χ1) is 9.97. The number of hydrogen-bond donors (Lipinski definition) is 3. The molecule has 1 unspecified atom stereocenters. The number of carbonyl (C=O) groups is 2. The molecule has 3 N–H and O–H groups in total. The lowest BCUT2D eigenvalue weighted by atomic mass is 9.75. The van der Waals surface area contributed by atoms with Crippen LogP contribution in [-0.4, -0.2) is 28.7 Å². The summed E-state index contributed by atoms with van der Waals surface area (Å²) in [6.45, 7) is 6.24. The topological polar surface area (TPSA) is 78.4 Å². The van der Waals surface area contributed by atoms with Crippen LogP contribution >= 0.6 is 0 Å². The molecule has 1 rings (SSSR count). The van der Waals surface area contributed by atoms with Crippen LogP contribution in [0.5, 0.6) is 0 Å². The molecule has 0 bridgehead atoms. The lowest BCUT2D eigenvalue weighted by Gasteiger charge is -2.37. The maximum Gasteiger partial charge on any atom is 0.329 e. The van der Waals surface area contributed by atoms with Crippen LogP contribution in [0, 0.1) is 5.92 Å². The molecule has 0 spiro atoms. The highest BCUT2D eigenvalue weighted by atomic mass is 16.4. The maximum atomic E-state index is 12.1. The van der Waals surface area contributed by atoms with Gasteiger partial charge < -0.3 is 15.7 Å². The Morgan fingerprint density at radius 2 is 1.86 bits per heavy atom. The predicted octanol–water partition coefficient (Wildman–Crippen LogP) is 3.29. The van der Waals surface area contributed by atoms with Crippen LogP contribution in [0.2, 0.25) is 0 Å². The van der Waals surface area contributed by atoms with Crippen LogP contribution in [0.4, 0.5) is 4.79 Å². The molecule has 1 aliphatic carbocycles. The zero-order valence-electron chi connectivity index (χ0n) is 13.6. The van der Waals surface area contributed by atoms with Gasteiger partial charge in [-0.2, -0.15) is 0 Å². The summed E-state index contributed by atoms with van der Waals surface area (Å²) in [5, 5.41) is 15.2. The first-order valence-electron chi connectivity index (χ1n) is 8.29. The van der Waals surface area contributed by atoms with E-state index in [9.17, 15) is 14.7 Å². The number of carboxylic acids is 1. The van der Waals surface area contributed by atoms with Crippen LogP contribution < -0.4 is 10.6 Å². The van der Waals surface area contributed by atoms with Crippen molar-refractivity contribution in [3.05, 3.63) is 0 Å². The highest BCUT2D eigenvalue weighted by Gasteiger charge is 2.43. The van der Waals surface area contributed by atoms with Crippen molar-refractivity contribution < 1.29 is 14.7 Å². The zero-order chi connectivity index (χ0) is 15.9. The van der Waals surface area contributed by atoms with Gasteiger partial charge in [0.25, 0.3) is 0 Å². The minimum atomic E-state index is -1.08. The molecule has 2 amide bonds. The summed E-state index contributed by atoms with van der Waals surface area (Å²) in [6, 6.07) is -0.222. The third-order valence-electron chi connectivity index (χ3n) is 4.76. The Kier molecular flexibility index (Phi) is 6.99. The summed E-state index contributed by atoms with van der Waals surface area (Å²) in [7, 11) is 0. The maximum absolute atomic E-state index is 12.1. The third-order valence-corrected chi connectivity index (χ3v) is 4.76. The first-order valence-corrected chi connectivity index (χ1v) is 8.29. The normalized spacial score (nSPS) is 26.9. The van der Waals surface area contributed by atoms with E-state index >= 15 is 0 Å². The van der Waals surface area contributed by atoms with E-state index in [4.69, 9.17) is 0 Å². The van der Waals surface area contributed by atoms with Crippen molar-refractivity contribution >= 4 is 12.0 Å². The fourth-order valence-electron chi connectivity index (χ4n) is 3.14. The molecule has 1 fully saturated rings. The molecular weight excluding hydrogens is 268 g/mol. The molecule has 0 radical (unpaired) electrons. The molecule has 0 heterocycles. The van der Waals surface area contributed by atoms with E-state index in [0.717, 1.165) is 38.5 Å². The van der Waals surface area contributed by atoms with Gasteiger partial charge >= 0.3 is 12.0 Å². The molecule has 21 heavy (non-hydrogen) atoms. The monoisotopic (exact) mass is 298 g/mol. The van der Waals surface area contributed by atoms with Crippen molar-refractivity contribution in [3.8, 4) is 0 Å². The number of carbonyl (C=O) groups excluding carboxylic acids is 1. The molecule has 1 atom stereocenters. The van der Waals surface area contributed by atoms with Crippen LogP contribution in [0.25, 0.3) is 0 Å². The lowest BCUT2D eigenvalue weighted by Crippen LogP contribution is -2.59. The molecule has 5 nitrogen and oxygen atoms in total. The van der Waals surface area contributed by atoms with Crippen molar-refractivity contribution in [2.75, 3.05) is 0 Å². The quantitative estimate of drug-likeness (QED) is 0.675. The molecule has 5 heteroatoms. The van der Waals surface area contributed by atoms with Crippen LogP contribution in [0.15, 0.2) is 0 Å². The Morgan fingerprint density at radius 1 is 1.24 bits per heavy atom. The Hall–Kier alpha value is -1.26. The van der Waals surface area contributed by atoms with E-state index in [1.165, 1.54) is 0 Å². The van der Waals surface area contributed by atoms with Crippen molar-refractivity contribution in [2.45, 2.75) is 83.7 Å². The van der Waals surface area contributed by atoms with Gasteiger partial charge in [0.15, 0.2) is 0 Å². The molecule has 0 saturated heterocycles. The minimum absolute atomic E-state index is 0.118. The SMILES string of the molecule is CCCC(CC)NC(=O)NC1(C(=O)O)CCC(CC)CC1. The summed E-state index contributed by atoms with van der Waals surface area (Å²) in [5.74, 6) is -0.318. The Balaban J connectivity index is 2.62. The van der Waals surface area contributed by atoms with Gasteiger partial charge in [-0.15, -0.1) is 0 Å². The van der Waals surface area contributed by atoms with Gasteiger partial charge in [-0.3, -0.25) is 0 Å². The zero-order valence-corrected chi connectivity index (χ0v) is 13.6. The van der Waals surface area contributed by atoms with Crippen LogP contribution in [0.1, 0.15) is 72.1 Å². The number of hydrogen-bond acceptors (Lipinski definition) is 2. The predicted molar refractivity (Wildman–Crippen MR) is 83.3 cm³/mol. The molecule has 122 valence electrons. The summed E-state index contributed by atoms with van der Waals surface area (Å²) >= 11 is 0. The number of carboxylic acid groups (broad SMARTS) is 1. The summed E-state index contributed by atoms with van der Waals surface area (Å²) in [4.78, 5) is 23.8. The van der Waals surface area contributed by atoms with Gasteiger partial charge in [0.2, 0.25) is 0 Å². The number of urea groups is 1. The molecule has 1 saturated carbocycles. The van der Waals surface area contributed by atoms with E-state index < -0.39 is 11.5 Å². The highest BCUT2D eigenvalue weighted by molar-refractivity contribution is 5.86. The van der Waals surface area contributed by atoms with E-state index in [1.807, 2.05) is 6.92 Å². The van der Waals surface area contributed by atoms with Crippen molar-refractivity contribution in [1.29, 1.82) is 0 Å². The Labute approximate surface area is 127 Å². The van der Waals surface area contributed by atoms with Gasteiger partial charge in [-0.1, -0.05) is 33.6 Å². The number of rotatable bonds is 7. The first kappa shape index (κ1) is 17.8. The Morgan fingerprint density at radius 3 is 2.29 bits per heavy atom. The number of nitrogens with one attached hydrogen (secondary N) is 2. The number of aliphatic carboxylic acids is 1. The average Bonchev–Trinajstić information content (AvgIpc) is 2.47. The highest BCUT2D eigenvalue weighted by Crippen LogP contribution is 2.34. The van der Waals surface area contributed by atoms with E-state index in [1.54, 1.807) is 0 Å². The van der Waals surface area contributed by atoms with Crippen molar-refractivity contribution in [3.63, 3.8) is 0 Å². The van der Waals surface area contributed by atoms with Gasteiger partial charge in [0.1, 0.15) is 5.54 Å². The fraction of sp³-hybridized carbons (Fsp3) is 0.875. The second kappa shape index (κ2) is 8.25. The van der Waals surface area contributed by atoms with Crippen LogP contribution in [-0.2, 0) is 4.79 Å². The molecular formula is C16H30N2O3. The van der Waals surface area contributed by atoms with Crippen molar-refractivity contribution in [2.24, 2.45) is 5.92 Å². The second-order valence-corrected chi connectivity index (χ2v) is 6.23. The molecule has 1 aliphatic rings. The molecule has 0 aromatic heterocycles. The standard InChI is InChI=1S/C16H30N2O3/c1-4-7-13(6-3)17-15(21)18-16(14(19)20)10-8-12(5-2)9-11-16/h12-13H,4-11H2,1-3H3,(H,19,20)(H2,17,18,21). The summed E-state index contributed by atoms with van der Waals surface area (Å²) in [5.41, 5.74) is -1.08. The third kappa shape index (κ3) is 4.90. The molecule has 0 aromatic rings. The van der Waals surface area contributed by atoms with E-state index in [-0.39, 0.29) is 12.1 Å². The lowest BCUT2D eigenvalue weighted by molar-refractivity contribution is -0.146. The van der Waals surface area contributed by atoms with Gasteiger partial charge in [-0.05, 0) is 44.4 Å². The summed E-state index contributed by atoms with van der Waals surface area (Å²) in [6.07, 6.45) is 6.65. The van der Waals surface area contributed by atoms with E-state index in [0.29, 0.717) is 18.8 Å². The minimum Gasteiger partial charge on any atom is -0.480 e. The average molecular weight is 298 g/mol. The van der Waals surface area contributed by atoms with Crippen molar-refractivity contribution in [1.82, 2.24) is 10.6 Å². The fourth-order valence-corrected chi connectivity index (χ4v) is 3.14. The van der Waals surface area contributed by atoms with Gasteiger partial charge in [0.05, 0.1) is 0 Å². The molecule has 0 aromatic carbocycles. The van der Waals surface area contributed by atoms with Gasteiger partial charge in [0, 0.05) is 6.04 Å². The van der Waals surface area contributed by atoms with Gasteiger partial charge in [-0.25, -0.2) is 9.59 Å². The van der Waals surface area contributed by atoms with E-state index in [2.05, 4.69) is 24.5 Å². The number of amides is 2. The van der Waals surface area contributed by atoms with Crippen LogP contribution in [0.3, 0.4) is 0 Å². The summed E-state index contributed by atoms with van der Waals surface area (Å²) < 4.78 is 0. The molecule has 0 aliphatic heterocycles. The second-order valence-electron chi connectivity index (χ2n) is 6.23.